The first kappa shape index (κ1) is 21.7. The van der Waals surface area contributed by atoms with Gasteiger partial charge in [-0.3, -0.25) is 13.9 Å². The molecule has 4 N–H and O–H groups in total. The minimum Gasteiger partial charge on any atom is -0.365 e. The fourth-order valence-electron chi connectivity index (χ4n) is 4.24. The van der Waals surface area contributed by atoms with Gasteiger partial charge >= 0.3 is 6.03 Å². The lowest BCUT2D eigenvalue weighted by molar-refractivity contribution is 0.0995. The molecule has 1 aliphatic rings. The highest BCUT2D eigenvalue weighted by Gasteiger charge is 2.38. The third-order valence-electron chi connectivity index (χ3n) is 5.69. The summed E-state index contributed by atoms with van der Waals surface area (Å²) in [7, 11) is 0. The number of urea groups is 1. The Morgan fingerprint density at radius 2 is 1.94 bits per heavy atom. The predicted octanol–water partition coefficient (Wildman–Crippen LogP) is 2.35. The van der Waals surface area contributed by atoms with E-state index >= 15 is 0 Å². The summed E-state index contributed by atoms with van der Waals surface area (Å²) in [4.78, 5) is 26.5. The van der Waals surface area contributed by atoms with Crippen molar-refractivity contribution in [2.45, 2.75) is 12.6 Å². The third-order valence-corrected chi connectivity index (χ3v) is 6.29. The number of nitrogens with zero attached hydrogens (tertiary/aromatic N) is 7. The van der Waals surface area contributed by atoms with Crippen molar-refractivity contribution in [2.75, 3.05) is 6.54 Å². The zero-order valence-electron chi connectivity index (χ0n) is 17.3. The van der Waals surface area contributed by atoms with Gasteiger partial charge in [0.15, 0.2) is 5.65 Å². The molecule has 1 unspecified atom stereocenters. The molecule has 0 radical (unpaired) electrons. The molecule has 4 heterocycles. The molecule has 1 atom stereocenters. The topological polar surface area (TPSA) is 161 Å². The molecule has 1 aromatic carbocycles. The van der Waals surface area contributed by atoms with Crippen LogP contribution in [0.5, 0.6) is 0 Å². The van der Waals surface area contributed by atoms with Gasteiger partial charge in [-0.25, -0.2) is 4.79 Å². The van der Waals surface area contributed by atoms with Gasteiger partial charge in [0.05, 0.1) is 33.4 Å². The Balaban J connectivity index is 1.77. The van der Waals surface area contributed by atoms with Crippen LogP contribution in [0.4, 0.5) is 4.79 Å². The maximum Gasteiger partial charge on any atom is 0.315 e. The lowest BCUT2D eigenvalue weighted by Gasteiger charge is -2.35. The van der Waals surface area contributed by atoms with Gasteiger partial charge in [0.2, 0.25) is 0 Å². The van der Waals surface area contributed by atoms with Crippen LogP contribution in [-0.4, -0.2) is 47.8 Å². The molecule has 3 aromatic heterocycles. The van der Waals surface area contributed by atoms with Crippen LogP contribution in [0, 0.1) is 11.3 Å². The third kappa shape index (κ3) is 3.32. The number of carbonyl (C=O) groups excluding carboxylic acids is 2. The molecule has 0 fully saturated rings. The van der Waals surface area contributed by atoms with E-state index in [1.807, 2.05) is 6.07 Å². The van der Waals surface area contributed by atoms with Crippen LogP contribution in [0.3, 0.4) is 0 Å². The van der Waals surface area contributed by atoms with Gasteiger partial charge in [0.25, 0.3) is 5.91 Å². The second-order valence-corrected chi connectivity index (χ2v) is 8.43. The van der Waals surface area contributed by atoms with Gasteiger partial charge in [-0.05, 0) is 23.8 Å². The first-order chi connectivity index (χ1) is 16.3. The van der Waals surface area contributed by atoms with Crippen molar-refractivity contribution in [2.24, 2.45) is 11.5 Å². The highest BCUT2D eigenvalue weighted by Crippen LogP contribution is 2.39. The van der Waals surface area contributed by atoms with Crippen molar-refractivity contribution in [1.29, 1.82) is 5.26 Å². The van der Waals surface area contributed by atoms with E-state index in [0.717, 1.165) is 0 Å². The van der Waals surface area contributed by atoms with Crippen molar-refractivity contribution in [3.63, 3.8) is 0 Å². The summed E-state index contributed by atoms with van der Waals surface area (Å²) >= 11 is 12.6. The monoisotopic (exact) mass is 495 g/mol. The van der Waals surface area contributed by atoms with Crippen molar-refractivity contribution < 1.29 is 9.59 Å². The highest BCUT2D eigenvalue weighted by atomic mass is 35.5. The maximum atomic E-state index is 12.7. The van der Waals surface area contributed by atoms with Gasteiger partial charge in [-0.2, -0.15) is 10.4 Å². The summed E-state index contributed by atoms with van der Waals surface area (Å²) in [6.45, 7) is 0.511. The number of benzene rings is 1. The Labute approximate surface area is 202 Å². The van der Waals surface area contributed by atoms with Crippen molar-refractivity contribution in [3.05, 3.63) is 69.2 Å². The first-order valence-electron chi connectivity index (χ1n) is 9.95. The van der Waals surface area contributed by atoms with E-state index in [9.17, 15) is 14.9 Å². The summed E-state index contributed by atoms with van der Waals surface area (Å²) in [6.07, 6.45) is 3.16. The normalized spacial score (nSPS) is 15.2. The predicted molar refractivity (Wildman–Crippen MR) is 122 cm³/mol. The fraction of sp³-hybridized carbons (Fsp3) is 0.143. The number of nitriles is 1. The zero-order valence-corrected chi connectivity index (χ0v) is 18.8. The van der Waals surface area contributed by atoms with Crippen LogP contribution < -0.4 is 11.5 Å². The summed E-state index contributed by atoms with van der Waals surface area (Å²) in [6, 6.07) is 6.87. The van der Waals surface area contributed by atoms with Crippen LogP contribution in [0.25, 0.3) is 16.9 Å². The molecule has 4 aromatic rings. The molecule has 3 amide bonds. The maximum absolute atomic E-state index is 12.7. The summed E-state index contributed by atoms with van der Waals surface area (Å²) in [5.74, 6) is -0.743. The summed E-state index contributed by atoms with van der Waals surface area (Å²) in [5.41, 5.74) is 14.1. The Kier molecular flexibility index (Phi) is 5.11. The number of fused-ring (bicyclic) bond motifs is 2. The van der Waals surface area contributed by atoms with Crippen molar-refractivity contribution >= 4 is 40.8 Å². The van der Waals surface area contributed by atoms with Gasteiger partial charge in [-0.1, -0.05) is 29.3 Å². The molecule has 0 bridgehead atoms. The number of nitrogens with two attached hydrogens (primary N) is 2. The number of aromatic nitrogens is 5. The Morgan fingerprint density at radius 3 is 2.62 bits per heavy atom. The fourth-order valence-corrected chi connectivity index (χ4v) is 4.72. The zero-order chi connectivity index (χ0) is 24.1. The minimum atomic E-state index is -0.811. The summed E-state index contributed by atoms with van der Waals surface area (Å²) in [5, 5.41) is 22.2. The summed E-state index contributed by atoms with van der Waals surface area (Å²) < 4.78 is 3.23. The first-order valence-corrected chi connectivity index (χ1v) is 10.7. The molecule has 5 rings (SSSR count). The molecule has 0 spiro atoms. The molecule has 11 nitrogen and oxygen atoms in total. The van der Waals surface area contributed by atoms with Crippen LogP contribution >= 0.6 is 23.2 Å². The van der Waals surface area contributed by atoms with Gasteiger partial charge in [0, 0.05) is 18.3 Å². The van der Waals surface area contributed by atoms with E-state index in [1.165, 1.54) is 17.3 Å². The molecular weight excluding hydrogens is 481 g/mol. The number of pyridine rings is 1. The Bertz CT molecular complexity index is 1540. The van der Waals surface area contributed by atoms with Crippen LogP contribution in [0.2, 0.25) is 10.0 Å². The molecule has 0 saturated carbocycles. The van der Waals surface area contributed by atoms with Crippen LogP contribution in [0.1, 0.15) is 33.2 Å². The molecule has 1 aliphatic heterocycles. The number of amides is 3. The van der Waals surface area contributed by atoms with Gasteiger partial charge in [0.1, 0.15) is 24.1 Å². The highest BCUT2D eigenvalue weighted by molar-refractivity contribution is 6.33. The molecular formula is C21H15Cl2N9O2. The van der Waals surface area contributed by atoms with Gasteiger partial charge in [-0.15, -0.1) is 10.2 Å². The molecule has 0 saturated heterocycles. The van der Waals surface area contributed by atoms with Crippen LogP contribution in [-0.2, 0) is 6.54 Å². The number of hydrogen-bond donors (Lipinski definition) is 2. The number of halogens is 2. The molecule has 0 aliphatic carbocycles. The Morgan fingerprint density at radius 1 is 1.15 bits per heavy atom. The van der Waals surface area contributed by atoms with Crippen molar-refractivity contribution in [3.8, 4) is 17.3 Å². The van der Waals surface area contributed by atoms with Crippen molar-refractivity contribution in [1.82, 2.24) is 29.3 Å². The van der Waals surface area contributed by atoms with Gasteiger partial charge < -0.3 is 16.4 Å². The van der Waals surface area contributed by atoms with E-state index in [-0.39, 0.29) is 34.9 Å². The lowest BCUT2D eigenvalue weighted by atomic mass is 9.94. The smallest absolute Gasteiger partial charge is 0.315 e. The second kappa shape index (κ2) is 8.02. The van der Waals surface area contributed by atoms with Crippen LogP contribution in [0.15, 0.2) is 36.8 Å². The van der Waals surface area contributed by atoms with E-state index in [0.29, 0.717) is 27.5 Å². The number of carbonyl (C=O) groups is 2. The average Bonchev–Trinajstić information content (AvgIpc) is 3.43. The molecule has 13 heteroatoms. The minimum absolute atomic E-state index is 0.111. The Hall–Kier alpha value is -4.14. The van der Waals surface area contributed by atoms with E-state index in [1.54, 1.807) is 33.5 Å². The quantitative estimate of drug-likeness (QED) is 0.443. The second-order valence-electron chi connectivity index (χ2n) is 7.62. The standard InChI is InChI=1S/C21H15Cl2N9O2/c22-13-5-10(1-2-11(13)7-24)17-18-15(19(25)33)16(29-32(18)4-3-31(17)21(26)34)12-6-14(23)20-28-27-9-30(20)8-12/h1-2,5-6,8-9,17H,3-4H2,(H2,25,33)(H2,26,34). The van der Waals surface area contributed by atoms with E-state index in [4.69, 9.17) is 34.7 Å². The number of rotatable bonds is 3. The average molecular weight is 496 g/mol. The SMILES string of the molecule is N#Cc1ccc(C2c3c(C(N)=O)c(-c4cc(Cl)c5nncn5c4)nn3CCN2C(N)=O)cc1Cl. The van der Waals surface area contributed by atoms with E-state index < -0.39 is 18.0 Å². The van der Waals surface area contributed by atoms with E-state index in [2.05, 4.69) is 15.3 Å². The largest absolute Gasteiger partial charge is 0.365 e. The number of primary amides is 2. The number of hydrogen-bond acceptors (Lipinski definition) is 6. The molecule has 34 heavy (non-hydrogen) atoms. The lowest BCUT2D eigenvalue weighted by Crippen LogP contribution is -2.46. The molecule has 170 valence electrons.